The lowest BCUT2D eigenvalue weighted by Gasteiger charge is -2.21. The summed E-state index contributed by atoms with van der Waals surface area (Å²) in [5, 5.41) is 7.94. The van der Waals surface area contributed by atoms with Gasteiger partial charge in [-0.05, 0) is 38.0 Å². The van der Waals surface area contributed by atoms with Crippen molar-refractivity contribution in [2.24, 2.45) is 0 Å². The van der Waals surface area contributed by atoms with Gasteiger partial charge in [-0.2, -0.15) is 0 Å². The van der Waals surface area contributed by atoms with Gasteiger partial charge >= 0.3 is 0 Å². The highest BCUT2D eigenvalue weighted by atomic mass is 16.5. The molecular formula is C16H16N4O2. The first-order valence-corrected chi connectivity index (χ1v) is 7.41. The number of nitrogens with zero attached hydrogens (tertiary/aromatic N) is 2. The van der Waals surface area contributed by atoms with Gasteiger partial charge in [-0.15, -0.1) is 0 Å². The fourth-order valence-corrected chi connectivity index (χ4v) is 2.90. The third-order valence-electron chi connectivity index (χ3n) is 4.12. The summed E-state index contributed by atoms with van der Waals surface area (Å²) in [5.74, 6) is 0.904. The molecule has 0 saturated carbocycles. The minimum atomic E-state index is -0.0175. The number of amides is 1. The Bertz CT molecular complexity index is 849. The fraction of sp³-hybridized carbons (Fsp3) is 0.312. The maximum atomic E-state index is 11.5. The molecule has 6 heteroatoms. The van der Waals surface area contributed by atoms with Crippen LogP contribution in [0.25, 0.3) is 22.2 Å². The summed E-state index contributed by atoms with van der Waals surface area (Å²) in [6, 6.07) is 5.91. The molecule has 1 amide bonds. The molecule has 6 nitrogen and oxygen atoms in total. The third kappa shape index (κ3) is 2.16. The van der Waals surface area contributed by atoms with E-state index in [0.717, 1.165) is 46.6 Å². The summed E-state index contributed by atoms with van der Waals surface area (Å²) in [5.41, 5.74) is 3.61. The number of carbonyl (C=O) groups excluding carboxylic acids is 1. The zero-order valence-electron chi connectivity index (χ0n) is 12.2. The van der Waals surface area contributed by atoms with Crippen molar-refractivity contribution in [3.05, 3.63) is 35.9 Å². The summed E-state index contributed by atoms with van der Waals surface area (Å²) in [6.07, 6.45) is 4.23. The van der Waals surface area contributed by atoms with Gasteiger partial charge in [0.2, 0.25) is 5.91 Å². The summed E-state index contributed by atoms with van der Waals surface area (Å²) in [4.78, 5) is 19.3. The first-order chi connectivity index (χ1) is 10.7. The van der Waals surface area contributed by atoms with E-state index in [9.17, 15) is 4.79 Å². The summed E-state index contributed by atoms with van der Waals surface area (Å²) >= 11 is 0. The van der Waals surface area contributed by atoms with E-state index in [-0.39, 0.29) is 11.9 Å². The molecule has 1 atom stereocenters. The molecule has 22 heavy (non-hydrogen) atoms. The van der Waals surface area contributed by atoms with Crippen LogP contribution in [-0.2, 0) is 4.79 Å². The first kappa shape index (κ1) is 13.1. The van der Waals surface area contributed by atoms with Gasteiger partial charge in [0.1, 0.15) is 5.82 Å². The van der Waals surface area contributed by atoms with Gasteiger partial charge in [-0.3, -0.25) is 4.79 Å². The summed E-state index contributed by atoms with van der Waals surface area (Å²) < 4.78 is 5.23. The highest BCUT2D eigenvalue weighted by Gasteiger charge is 2.22. The smallest absolute Gasteiger partial charge is 0.220 e. The van der Waals surface area contributed by atoms with Gasteiger partial charge in [0, 0.05) is 17.4 Å². The molecule has 0 unspecified atom stereocenters. The van der Waals surface area contributed by atoms with E-state index in [2.05, 4.69) is 20.4 Å². The number of hydrogen-bond donors (Lipinski definition) is 2. The molecule has 1 aliphatic rings. The molecule has 1 saturated heterocycles. The normalized spacial score (nSPS) is 18.6. The zero-order chi connectivity index (χ0) is 15.1. The van der Waals surface area contributed by atoms with Gasteiger partial charge in [0.25, 0.3) is 0 Å². The van der Waals surface area contributed by atoms with Crippen LogP contribution in [0.15, 0.2) is 28.9 Å². The number of benzene rings is 1. The monoisotopic (exact) mass is 296 g/mol. The van der Waals surface area contributed by atoms with Crippen molar-refractivity contribution in [3.63, 3.8) is 0 Å². The van der Waals surface area contributed by atoms with Gasteiger partial charge in [0.05, 0.1) is 23.6 Å². The first-order valence-electron chi connectivity index (χ1n) is 7.41. The Labute approximate surface area is 126 Å². The van der Waals surface area contributed by atoms with Crippen LogP contribution in [0.4, 0.5) is 0 Å². The molecule has 0 radical (unpaired) electrons. The van der Waals surface area contributed by atoms with E-state index in [4.69, 9.17) is 4.52 Å². The number of rotatable bonds is 2. The van der Waals surface area contributed by atoms with E-state index in [1.54, 1.807) is 6.20 Å². The second-order valence-corrected chi connectivity index (χ2v) is 5.67. The van der Waals surface area contributed by atoms with E-state index in [1.165, 1.54) is 0 Å². The van der Waals surface area contributed by atoms with Crippen LogP contribution >= 0.6 is 0 Å². The van der Waals surface area contributed by atoms with Crippen molar-refractivity contribution in [2.45, 2.75) is 32.2 Å². The minimum Gasteiger partial charge on any atom is -0.356 e. The Morgan fingerprint density at radius 3 is 3.14 bits per heavy atom. The van der Waals surface area contributed by atoms with Gasteiger partial charge < -0.3 is 14.8 Å². The topological polar surface area (TPSA) is 83.8 Å². The van der Waals surface area contributed by atoms with E-state index in [0.29, 0.717) is 6.42 Å². The molecule has 0 spiro atoms. The largest absolute Gasteiger partial charge is 0.356 e. The van der Waals surface area contributed by atoms with Crippen LogP contribution in [-0.4, -0.2) is 21.0 Å². The number of imidazole rings is 1. The quantitative estimate of drug-likeness (QED) is 0.761. The van der Waals surface area contributed by atoms with Crippen LogP contribution in [0.3, 0.4) is 0 Å². The standard InChI is InChI=1S/C16H16N4O2/c1-9-11-7-10(5-6-14(11)22-20-9)13-8-17-16(19-13)12-3-2-4-15(21)18-12/h5-8,12H,2-4H2,1H3,(H,17,19)(H,18,21)/t12-/m0/s1. The highest BCUT2D eigenvalue weighted by Crippen LogP contribution is 2.27. The Balaban J connectivity index is 1.67. The number of aryl methyl sites for hydroxylation is 1. The molecule has 0 aliphatic carbocycles. The molecule has 2 N–H and O–H groups in total. The molecule has 1 aromatic carbocycles. The average molecular weight is 296 g/mol. The van der Waals surface area contributed by atoms with Crippen LogP contribution in [0.5, 0.6) is 0 Å². The molecule has 4 rings (SSSR count). The number of carbonyl (C=O) groups is 1. The molecule has 2 aromatic heterocycles. The number of nitrogens with one attached hydrogen (secondary N) is 2. The maximum Gasteiger partial charge on any atom is 0.220 e. The maximum absolute atomic E-state index is 11.5. The summed E-state index contributed by atoms with van der Waals surface area (Å²) in [6.45, 7) is 1.92. The van der Waals surface area contributed by atoms with Crippen molar-refractivity contribution >= 4 is 16.9 Å². The Morgan fingerprint density at radius 2 is 2.27 bits per heavy atom. The van der Waals surface area contributed by atoms with Crippen LogP contribution in [0.2, 0.25) is 0 Å². The van der Waals surface area contributed by atoms with Crippen molar-refractivity contribution in [1.29, 1.82) is 0 Å². The molecule has 1 aliphatic heterocycles. The number of H-pyrrole nitrogens is 1. The lowest BCUT2D eigenvalue weighted by molar-refractivity contribution is -0.123. The van der Waals surface area contributed by atoms with Crippen LogP contribution < -0.4 is 5.32 Å². The van der Waals surface area contributed by atoms with Gasteiger partial charge in [0.15, 0.2) is 5.58 Å². The van der Waals surface area contributed by atoms with E-state index in [1.807, 2.05) is 25.1 Å². The van der Waals surface area contributed by atoms with Crippen molar-refractivity contribution in [2.75, 3.05) is 0 Å². The number of aromatic nitrogens is 3. The molecule has 112 valence electrons. The van der Waals surface area contributed by atoms with E-state index < -0.39 is 0 Å². The Hall–Kier alpha value is -2.63. The van der Waals surface area contributed by atoms with Gasteiger partial charge in [-0.25, -0.2) is 4.98 Å². The molecule has 1 fully saturated rings. The molecular weight excluding hydrogens is 280 g/mol. The van der Waals surface area contributed by atoms with Crippen molar-refractivity contribution < 1.29 is 9.32 Å². The van der Waals surface area contributed by atoms with E-state index >= 15 is 0 Å². The Morgan fingerprint density at radius 1 is 1.36 bits per heavy atom. The SMILES string of the molecule is Cc1noc2ccc(-c3cnc([C@@H]4CCCC(=O)N4)[nH]3)cc12. The molecule has 3 aromatic rings. The van der Waals surface area contributed by atoms with Crippen LogP contribution in [0, 0.1) is 6.92 Å². The zero-order valence-corrected chi connectivity index (χ0v) is 12.2. The second kappa shape index (κ2) is 4.98. The lowest BCUT2D eigenvalue weighted by atomic mass is 10.0. The third-order valence-corrected chi connectivity index (χ3v) is 4.12. The van der Waals surface area contributed by atoms with Crippen LogP contribution in [0.1, 0.15) is 36.8 Å². The molecule has 3 heterocycles. The van der Waals surface area contributed by atoms with Gasteiger partial charge in [-0.1, -0.05) is 5.16 Å². The second-order valence-electron chi connectivity index (χ2n) is 5.67. The Kier molecular flexibility index (Phi) is 2.96. The summed E-state index contributed by atoms with van der Waals surface area (Å²) in [7, 11) is 0. The highest BCUT2D eigenvalue weighted by molar-refractivity contribution is 5.84. The number of hydrogen-bond acceptors (Lipinski definition) is 4. The van der Waals surface area contributed by atoms with Crippen molar-refractivity contribution in [1.82, 2.24) is 20.4 Å². The average Bonchev–Trinajstić information content (AvgIpc) is 3.15. The molecule has 0 bridgehead atoms. The predicted molar refractivity (Wildman–Crippen MR) is 81.1 cm³/mol. The predicted octanol–water partition coefficient (Wildman–Crippen LogP) is 2.87. The lowest BCUT2D eigenvalue weighted by Crippen LogP contribution is -2.32. The minimum absolute atomic E-state index is 0.0175. The number of fused-ring (bicyclic) bond motifs is 1. The number of piperidine rings is 1. The number of aromatic amines is 1. The fourth-order valence-electron chi connectivity index (χ4n) is 2.90. The van der Waals surface area contributed by atoms with Crippen molar-refractivity contribution in [3.8, 4) is 11.3 Å².